The lowest BCUT2D eigenvalue weighted by molar-refractivity contribution is -0.384. The van der Waals surface area contributed by atoms with Crippen LogP contribution in [0.15, 0.2) is 42.5 Å². The third-order valence-corrected chi connectivity index (χ3v) is 5.36. The standard InChI is InChI=1S/C22H30N4O3.ClH/c1-18-9-10-20(26(27)28)19(17-18)23-11-5-6-12-24-13-15-25(16-14-24)21-7-3-4-8-22(21)29-2;/h3-4,7-10,17,23H,5-6,11-16H2,1-2H3;1H. The molecule has 1 saturated heterocycles. The van der Waals surface area contributed by atoms with Gasteiger partial charge in [0.1, 0.15) is 11.4 Å². The maximum absolute atomic E-state index is 11.1. The van der Waals surface area contributed by atoms with Gasteiger partial charge >= 0.3 is 0 Å². The Morgan fingerprint density at radius 1 is 1.10 bits per heavy atom. The van der Waals surface area contributed by atoms with Crippen LogP contribution in [0, 0.1) is 17.0 Å². The van der Waals surface area contributed by atoms with Crippen molar-refractivity contribution in [2.75, 3.05) is 56.6 Å². The number of nitrogens with one attached hydrogen (secondary N) is 1. The van der Waals surface area contributed by atoms with Gasteiger partial charge in [0.25, 0.3) is 5.69 Å². The SMILES string of the molecule is COc1ccccc1N1CCN(CCCCNc2cc(C)ccc2[N+](=O)[O-])CC1.Cl. The van der Waals surface area contributed by atoms with Gasteiger partial charge in [-0.15, -0.1) is 12.4 Å². The first-order chi connectivity index (χ1) is 14.1. The van der Waals surface area contributed by atoms with Gasteiger partial charge in [0.05, 0.1) is 17.7 Å². The summed E-state index contributed by atoms with van der Waals surface area (Å²) >= 11 is 0. The largest absolute Gasteiger partial charge is 0.495 e. The van der Waals surface area contributed by atoms with E-state index >= 15 is 0 Å². The Morgan fingerprint density at radius 2 is 1.83 bits per heavy atom. The van der Waals surface area contributed by atoms with Crippen molar-refractivity contribution >= 4 is 29.5 Å². The van der Waals surface area contributed by atoms with Gasteiger partial charge in [-0.3, -0.25) is 15.0 Å². The van der Waals surface area contributed by atoms with Gasteiger partial charge < -0.3 is 15.0 Å². The molecule has 3 rings (SSSR count). The molecule has 0 saturated carbocycles. The lowest BCUT2D eigenvalue weighted by Gasteiger charge is -2.36. The quantitative estimate of drug-likeness (QED) is 0.359. The highest BCUT2D eigenvalue weighted by Gasteiger charge is 2.19. The van der Waals surface area contributed by atoms with Crippen molar-refractivity contribution in [2.45, 2.75) is 19.8 Å². The molecule has 2 aromatic carbocycles. The lowest BCUT2D eigenvalue weighted by Crippen LogP contribution is -2.46. The molecule has 8 heteroatoms. The number of nitro groups is 1. The summed E-state index contributed by atoms with van der Waals surface area (Å²) in [5.41, 5.74) is 2.94. The highest BCUT2D eigenvalue weighted by molar-refractivity contribution is 5.85. The number of halogens is 1. The zero-order chi connectivity index (χ0) is 20.6. The van der Waals surface area contributed by atoms with Crippen LogP contribution in [0.25, 0.3) is 0 Å². The first-order valence-electron chi connectivity index (χ1n) is 10.2. The summed E-state index contributed by atoms with van der Waals surface area (Å²) < 4.78 is 5.48. The molecule has 0 radical (unpaired) electrons. The third kappa shape index (κ3) is 6.24. The number of methoxy groups -OCH3 is 1. The number of benzene rings is 2. The smallest absolute Gasteiger partial charge is 0.292 e. The van der Waals surface area contributed by atoms with Crippen molar-refractivity contribution in [3.8, 4) is 5.75 Å². The van der Waals surface area contributed by atoms with Crippen molar-refractivity contribution < 1.29 is 9.66 Å². The second-order valence-electron chi connectivity index (χ2n) is 7.41. The van der Waals surface area contributed by atoms with E-state index in [0.29, 0.717) is 5.69 Å². The molecule has 0 aliphatic carbocycles. The maximum atomic E-state index is 11.1. The van der Waals surface area contributed by atoms with Crippen molar-refractivity contribution in [2.24, 2.45) is 0 Å². The summed E-state index contributed by atoms with van der Waals surface area (Å²) in [5.74, 6) is 0.928. The summed E-state index contributed by atoms with van der Waals surface area (Å²) in [5, 5.41) is 14.4. The number of unbranched alkanes of at least 4 members (excludes halogenated alkanes) is 1. The Morgan fingerprint density at radius 3 is 2.53 bits per heavy atom. The van der Waals surface area contributed by atoms with Gasteiger partial charge in [-0.1, -0.05) is 18.2 Å². The monoisotopic (exact) mass is 434 g/mol. The van der Waals surface area contributed by atoms with Crippen LogP contribution in [-0.2, 0) is 0 Å². The van der Waals surface area contributed by atoms with Crippen LogP contribution in [0.4, 0.5) is 17.1 Å². The summed E-state index contributed by atoms with van der Waals surface area (Å²) in [7, 11) is 1.72. The molecule has 1 aliphatic heterocycles. The molecule has 0 aromatic heterocycles. The minimum atomic E-state index is -0.330. The fourth-order valence-electron chi connectivity index (χ4n) is 3.74. The number of anilines is 2. The molecule has 164 valence electrons. The third-order valence-electron chi connectivity index (χ3n) is 5.36. The van der Waals surface area contributed by atoms with Gasteiger partial charge in [0, 0.05) is 38.8 Å². The summed E-state index contributed by atoms with van der Waals surface area (Å²) in [6, 6.07) is 13.4. The second kappa shape index (κ2) is 11.6. The van der Waals surface area contributed by atoms with Crippen LogP contribution in [0.3, 0.4) is 0 Å². The minimum Gasteiger partial charge on any atom is -0.495 e. The Balaban J connectivity index is 0.00000320. The normalized spacial score (nSPS) is 14.1. The summed E-state index contributed by atoms with van der Waals surface area (Å²) in [4.78, 5) is 15.7. The Hall–Kier alpha value is -2.51. The predicted octanol–water partition coefficient (Wildman–Crippen LogP) is 4.35. The molecule has 1 heterocycles. The maximum Gasteiger partial charge on any atom is 0.292 e. The zero-order valence-corrected chi connectivity index (χ0v) is 18.5. The van der Waals surface area contributed by atoms with Crippen LogP contribution in [0.5, 0.6) is 5.75 Å². The van der Waals surface area contributed by atoms with E-state index in [-0.39, 0.29) is 23.0 Å². The van der Waals surface area contributed by atoms with Crippen LogP contribution >= 0.6 is 12.4 Å². The summed E-state index contributed by atoms with van der Waals surface area (Å²) in [6.07, 6.45) is 2.05. The lowest BCUT2D eigenvalue weighted by atomic mass is 10.2. The number of nitro benzene ring substituents is 1. The molecule has 0 bridgehead atoms. The Kier molecular flexibility index (Phi) is 9.20. The average molecular weight is 435 g/mol. The average Bonchev–Trinajstić information content (AvgIpc) is 2.74. The predicted molar refractivity (Wildman–Crippen MR) is 124 cm³/mol. The fourth-order valence-corrected chi connectivity index (χ4v) is 3.74. The van der Waals surface area contributed by atoms with E-state index in [2.05, 4.69) is 27.2 Å². The first-order valence-corrected chi connectivity index (χ1v) is 10.2. The number of para-hydroxylation sites is 2. The molecule has 1 aliphatic rings. The highest BCUT2D eigenvalue weighted by Crippen LogP contribution is 2.28. The van der Waals surface area contributed by atoms with E-state index in [0.717, 1.165) is 63.4 Å². The molecule has 1 N–H and O–H groups in total. The molecule has 0 unspecified atom stereocenters. The van der Waals surface area contributed by atoms with E-state index in [1.165, 1.54) is 5.69 Å². The molecule has 0 atom stereocenters. The number of ether oxygens (including phenoxy) is 1. The number of rotatable bonds is 9. The summed E-state index contributed by atoms with van der Waals surface area (Å²) in [6.45, 7) is 7.80. The topological polar surface area (TPSA) is 70.9 Å². The van der Waals surface area contributed by atoms with Gasteiger partial charge in [0.15, 0.2) is 0 Å². The van der Waals surface area contributed by atoms with E-state index in [4.69, 9.17) is 4.74 Å². The fraction of sp³-hybridized carbons (Fsp3) is 0.455. The van der Waals surface area contributed by atoms with E-state index in [9.17, 15) is 10.1 Å². The first kappa shape index (κ1) is 23.8. The molecule has 0 amide bonds. The van der Waals surface area contributed by atoms with Crippen LogP contribution < -0.4 is 15.0 Å². The Bertz CT molecular complexity index is 826. The molecular weight excluding hydrogens is 404 g/mol. The zero-order valence-electron chi connectivity index (χ0n) is 17.7. The highest BCUT2D eigenvalue weighted by atomic mass is 35.5. The van der Waals surface area contributed by atoms with Gasteiger partial charge in [-0.2, -0.15) is 0 Å². The van der Waals surface area contributed by atoms with Gasteiger partial charge in [-0.05, 0) is 50.1 Å². The molecule has 0 spiro atoms. The molecule has 2 aromatic rings. The molecule has 1 fully saturated rings. The van der Waals surface area contributed by atoms with E-state index in [1.54, 1.807) is 19.2 Å². The van der Waals surface area contributed by atoms with Crippen molar-refractivity contribution in [1.82, 2.24) is 4.90 Å². The number of piperazine rings is 1. The molecular formula is C22H31ClN4O3. The molecule has 7 nitrogen and oxygen atoms in total. The number of hydrogen-bond donors (Lipinski definition) is 1. The van der Waals surface area contributed by atoms with Crippen molar-refractivity contribution in [3.63, 3.8) is 0 Å². The number of aryl methyl sites for hydroxylation is 1. The number of nitrogens with zero attached hydrogens (tertiary/aromatic N) is 3. The van der Waals surface area contributed by atoms with Crippen LogP contribution in [-0.4, -0.2) is 56.2 Å². The minimum absolute atomic E-state index is 0. The molecule has 30 heavy (non-hydrogen) atoms. The van der Waals surface area contributed by atoms with Gasteiger partial charge in [-0.25, -0.2) is 0 Å². The van der Waals surface area contributed by atoms with E-state index in [1.807, 2.05) is 25.1 Å². The van der Waals surface area contributed by atoms with Crippen LogP contribution in [0.2, 0.25) is 0 Å². The van der Waals surface area contributed by atoms with Gasteiger partial charge in [0.2, 0.25) is 0 Å². The van der Waals surface area contributed by atoms with Crippen molar-refractivity contribution in [1.29, 1.82) is 0 Å². The van der Waals surface area contributed by atoms with E-state index < -0.39 is 0 Å². The number of hydrogen-bond acceptors (Lipinski definition) is 6. The van der Waals surface area contributed by atoms with Crippen molar-refractivity contribution in [3.05, 3.63) is 58.1 Å². The second-order valence-corrected chi connectivity index (χ2v) is 7.41. The van der Waals surface area contributed by atoms with Crippen LogP contribution in [0.1, 0.15) is 18.4 Å². The Labute approximate surface area is 184 Å².